The highest BCUT2D eigenvalue weighted by Crippen LogP contribution is 2.27. The second-order valence-electron chi connectivity index (χ2n) is 5.01. The maximum absolute atomic E-state index is 12.1. The molecule has 0 aliphatic heterocycles. The number of amides is 3. The quantitative estimate of drug-likeness (QED) is 0.729. The highest BCUT2D eigenvalue weighted by Gasteiger charge is 2.16. The van der Waals surface area contributed by atoms with Gasteiger partial charge < -0.3 is 20.7 Å². The Labute approximate surface area is 149 Å². The number of benzene rings is 2. The molecule has 0 fully saturated rings. The number of nitrogens with one attached hydrogen (secondary N) is 3. The Morgan fingerprint density at radius 3 is 2.20 bits per heavy atom. The maximum Gasteiger partial charge on any atom is 0.314 e. The number of carbonyl (C=O) groups excluding carboxylic acids is 3. The van der Waals surface area contributed by atoms with Gasteiger partial charge in [-0.25, -0.2) is 0 Å². The van der Waals surface area contributed by atoms with E-state index in [1.807, 2.05) is 0 Å². The molecular formula is C17H16ClN3O4. The smallest absolute Gasteiger partial charge is 0.314 e. The molecule has 0 spiro atoms. The first-order chi connectivity index (χ1) is 11.9. The van der Waals surface area contributed by atoms with Crippen molar-refractivity contribution < 1.29 is 19.1 Å². The molecule has 0 atom stereocenters. The van der Waals surface area contributed by atoms with Crippen LogP contribution in [0, 0.1) is 0 Å². The zero-order valence-electron chi connectivity index (χ0n) is 13.6. The Balaban J connectivity index is 2.07. The third-order valence-electron chi connectivity index (χ3n) is 3.06. The summed E-state index contributed by atoms with van der Waals surface area (Å²) >= 11 is 5.88. The summed E-state index contributed by atoms with van der Waals surface area (Å²) in [5.41, 5.74) is 1.15. The van der Waals surface area contributed by atoms with Gasteiger partial charge in [0, 0.05) is 23.3 Å². The summed E-state index contributed by atoms with van der Waals surface area (Å²) < 4.78 is 5.11. The Kier molecular flexibility index (Phi) is 5.97. The maximum atomic E-state index is 12.1. The molecule has 0 bridgehead atoms. The van der Waals surface area contributed by atoms with Gasteiger partial charge >= 0.3 is 11.8 Å². The zero-order valence-corrected chi connectivity index (χ0v) is 14.3. The number of methoxy groups -OCH3 is 1. The fourth-order valence-electron chi connectivity index (χ4n) is 2.02. The minimum Gasteiger partial charge on any atom is -0.495 e. The van der Waals surface area contributed by atoms with Gasteiger partial charge in [0.15, 0.2) is 0 Å². The molecule has 25 heavy (non-hydrogen) atoms. The van der Waals surface area contributed by atoms with E-state index in [0.717, 1.165) is 0 Å². The van der Waals surface area contributed by atoms with Crippen LogP contribution in [0.15, 0.2) is 42.5 Å². The summed E-state index contributed by atoms with van der Waals surface area (Å²) in [6, 6.07) is 11.1. The zero-order chi connectivity index (χ0) is 18.4. The van der Waals surface area contributed by atoms with Crippen molar-refractivity contribution in [3.8, 4) is 5.75 Å². The van der Waals surface area contributed by atoms with E-state index in [2.05, 4.69) is 16.0 Å². The van der Waals surface area contributed by atoms with Crippen molar-refractivity contribution >= 4 is 46.4 Å². The van der Waals surface area contributed by atoms with Crippen LogP contribution in [0.25, 0.3) is 0 Å². The predicted molar refractivity (Wildman–Crippen MR) is 96.0 cm³/mol. The first-order valence-corrected chi connectivity index (χ1v) is 7.60. The third kappa shape index (κ3) is 5.22. The number of hydrogen-bond donors (Lipinski definition) is 3. The Bertz CT molecular complexity index is 823. The molecule has 2 aromatic carbocycles. The number of halogens is 1. The van der Waals surface area contributed by atoms with Gasteiger partial charge in [-0.05, 0) is 36.4 Å². The molecule has 130 valence electrons. The van der Waals surface area contributed by atoms with Gasteiger partial charge in [0.1, 0.15) is 5.75 Å². The van der Waals surface area contributed by atoms with E-state index >= 15 is 0 Å². The van der Waals surface area contributed by atoms with Crippen molar-refractivity contribution in [3.05, 3.63) is 47.5 Å². The molecule has 8 heteroatoms. The molecule has 2 rings (SSSR count). The lowest BCUT2D eigenvalue weighted by atomic mass is 10.2. The van der Waals surface area contributed by atoms with Crippen LogP contribution in [-0.4, -0.2) is 24.8 Å². The van der Waals surface area contributed by atoms with Crippen molar-refractivity contribution in [1.82, 2.24) is 0 Å². The summed E-state index contributed by atoms with van der Waals surface area (Å²) in [5.74, 6) is -1.63. The standard InChI is InChI=1S/C17H16ClN3O4/c1-10(22)19-12-4-3-5-13(9-12)20-16(23)17(24)21-14-8-11(18)6-7-15(14)25-2/h3-9H,1-2H3,(H,19,22)(H,20,23)(H,21,24). The Hall–Kier alpha value is -3.06. The average molecular weight is 362 g/mol. The van der Waals surface area contributed by atoms with Crippen LogP contribution < -0.4 is 20.7 Å². The lowest BCUT2D eigenvalue weighted by Crippen LogP contribution is -2.29. The van der Waals surface area contributed by atoms with E-state index in [4.69, 9.17) is 16.3 Å². The number of ether oxygens (including phenoxy) is 1. The van der Waals surface area contributed by atoms with Crippen LogP contribution in [0.2, 0.25) is 5.02 Å². The first-order valence-electron chi connectivity index (χ1n) is 7.22. The van der Waals surface area contributed by atoms with E-state index in [9.17, 15) is 14.4 Å². The van der Waals surface area contributed by atoms with E-state index in [1.165, 1.54) is 26.2 Å². The summed E-state index contributed by atoms with van der Waals surface area (Å²) in [6.07, 6.45) is 0. The summed E-state index contributed by atoms with van der Waals surface area (Å²) in [6.45, 7) is 1.37. The fraction of sp³-hybridized carbons (Fsp3) is 0.118. The SMILES string of the molecule is COc1ccc(Cl)cc1NC(=O)C(=O)Nc1cccc(NC(C)=O)c1. The molecule has 3 amide bonds. The van der Waals surface area contributed by atoms with Gasteiger partial charge in [0.2, 0.25) is 5.91 Å². The molecule has 0 radical (unpaired) electrons. The lowest BCUT2D eigenvalue weighted by Gasteiger charge is -2.11. The lowest BCUT2D eigenvalue weighted by molar-refractivity contribution is -0.133. The van der Waals surface area contributed by atoms with Crippen molar-refractivity contribution in [3.63, 3.8) is 0 Å². The molecule has 7 nitrogen and oxygen atoms in total. The van der Waals surface area contributed by atoms with Crippen molar-refractivity contribution in [2.45, 2.75) is 6.92 Å². The summed E-state index contributed by atoms with van der Waals surface area (Å²) in [7, 11) is 1.44. The van der Waals surface area contributed by atoms with Crippen molar-refractivity contribution in [1.29, 1.82) is 0 Å². The molecule has 0 aromatic heterocycles. The van der Waals surface area contributed by atoms with Gasteiger partial charge in [-0.1, -0.05) is 17.7 Å². The first kappa shape index (κ1) is 18.3. The largest absolute Gasteiger partial charge is 0.495 e. The second-order valence-corrected chi connectivity index (χ2v) is 5.45. The monoisotopic (exact) mass is 361 g/mol. The molecular weight excluding hydrogens is 346 g/mol. The second kappa shape index (κ2) is 8.16. The van der Waals surface area contributed by atoms with Gasteiger partial charge in [0.05, 0.1) is 12.8 Å². The van der Waals surface area contributed by atoms with Gasteiger partial charge in [0.25, 0.3) is 0 Å². The highest BCUT2D eigenvalue weighted by molar-refractivity contribution is 6.44. The average Bonchev–Trinajstić information content (AvgIpc) is 2.54. The normalized spacial score (nSPS) is 9.88. The van der Waals surface area contributed by atoms with Gasteiger partial charge in [-0.3, -0.25) is 14.4 Å². The molecule has 0 unspecified atom stereocenters. The third-order valence-corrected chi connectivity index (χ3v) is 3.29. The van der Waals surface area contributed by atoms with Crippen LogP contribution in [0.1, 0.15) is 6.92 Å². The van der Waals surface area contributed by atoms with Crippen LogP contribution in [0.4, 0.5) is 17.1 Å². The van der Waals surface area contributed by atoms with Crippen LogP contribution in [0.5, 0.6) is 5.75 Å². The van der Waals surface area contributed by atoms with E-state index in [1.54, 1.807) is 30.3 Å². The Morgan fingerprint density at radius 2 is 1.56 bits per heavy atom. The summed E-state index contributed by atoms with van der Waals surface area (Å²) in [4.78, 5) is 35.2. The fourth-order valence-corrected chi connectivity index (χ4v) is 2.19. The molecule has 2 aromatic rings. The highest BCUT2D eigenvalue weighted by atomic mass is 35.5. The van der Waals surface area contributed by atoms with Gasteiger partial charge in [-0.15, -0.1) is 0 Å². The van der Waals surface area contributed by atoms with E-state index in [-0.39, 0.29) is 11.6 Å². The molecule has 3 N–H and O–H groups in total. The molecule has 0 aliphatic carbocycles. The van der Waals surface area contributed by atoms with E-state index in [0.29, 0.717) is 22.1 Å². The Morgan fingerprint density at radius 1 is 0.920 bits per heavy atom. The van der Waals surface area contributed by atoms with E-state index < -0.39 is 11.8 Å². The topological polar surface area (TPSA) is 96.5 Å². The van der Waals surface area contributed by atoms with Crippen LogP contribution >= 0.6 is 11.6 Å². The molecule has 0 aliphatic rings. The predicted octanol–water partition coefficient (Wildman–Crippen LogP) is 2.88. The summed E-state index contributed by atoms with van der Waals surface area (Å²) in [5, 5.41) is 7.87. The van der Waals surface area contributed by atoms with Crippen molar-refractivity contribution in [2.24, 2.45) is 0 Å². The number of carbonyl (C=O) groups is 3. The number of anilines is 3. The van der Waals surface area contributed by atoms with Gasteiger partial charge in [-0.2, -0.15) is 0 Å². The van der Waals surface area contributed by atoms with Crippen molar-refractivity contribution in [2.75, 3.05) is 23.1 Å². The van der Waals surface area contributed by atoms with Crippen LogP contribution in [-0.2, 0) is 14.4 Å². The molecule has 0 saturated heterocycles. The molecule has 0 heterocycles. The molecule has 0 saturated carbocycles. The minimum atomic E-state index is -0.884. The number of hydrogen-bond acceptors (Lipinski definition) is 4. The number of rotatable bonds is 4. The minimum absolute atomic E-state index is 0.241. The van der Waals surface area contributed by atoms with Crippen LogP contribution in [0.3, 0.4) is 0 Å².